The smallest absolute Gasteiger partial charge is 0.301 e. The number of anilines is 1. The highest BCUT2D eigenvalue weighted by molar-refractivity contribution is 9.10. The Labute approximate surface area is 201 Å². The zero-order valence-corrected chi connectivity index (χ0v) is 19.4. The first kappa shape index (κ1) is 24.0. The topological polar surface area (TPSA) is 129 Å². The van der Waals surface area contributed by atoms with Gasteiger partial charge in [-0.2, -0.15) is 5.10 Å². The van der Waals surface area contributed by atoms with E-state index in [1.165, 1.54) is 19.4 Å². The van der Waals surface area contributed by atoms with Crippen LogP contribution < -0.4 is 14.9 Å². The minimum atomic E-state index is -0.725. The predicted molar refractivity (Wildman–Crippen MR) is 127 cm³/mol. The van der Waals surface area contributed by atoms with Gasteiger partial charge in [-0.3, -0.25) is 25.7 Å². The van der Waals surface area contributed by atoms with Gasteiger partial charge >= 0.3 is 5.69 Å². The van der Waals surface area contributed by atoms with Crippen LogP contribution in [0.5, 0.6) is 11.5 Å². The molecule has 3 aromatic carbocycles. The summed E-state index contributed by atoms with van der Waals surface area (Å²) in [5.74, 6) is 0.935. The molecule has 3 rings (SSSR count). The molecule has 12 heteroatoms. The Kier molecular flexibility index (Phi) is 7.80. The van der Waals surface area contributed by atoms with Crippen LogP contribution in [0.3, 0.4) is 0 Å². The summed E-state index contributed by atoms with van der Waals surface area (Å²) in [6, 6.07) is 13.9. The standard InChI is InChI=1S/C21H16BrClN4O6/c1-32-20-9-14(8-17(22)21(20)33-12-13-2-4-15(23)5-3-13)11-24-25-18-7-6-16(26(28)29)10-19(18)27(30)31/h2-11,25H,12H2,1H3/b24-11-. The number of hydrogen-bond acceptors (Lipinski definition) is 8. The summed E-state index contributed by atoms with van der Waals surface area (Å²) >= 11 is 9.35. The summed E-state index contributed by atoms with van der Waals surface area (Å²) in [5.41, 5.74) is 3.22. The first-order chi connectivity index (χ1) is 15.8. The lowest BCUT2D eigenvalue weighted by atomic mass is 10.2. The summed E-state index contributed by atoms with van der Waals surface area (Å²) in [6.45, 7) is 0.297. The van der Waals surface area contributed by atoms with E-state index >= 15 is 0 Å². The SMILES string of the molecule is COc1cc(/C=N\Nc2ccc([N+](=O)[O-])cc2[N+](=O)[O-])cc(Br)c1OCc1ccc(Cl)cc1. The monoisotopic (exact) mass is 534 g/mol. The highest BCUT2D eigenvalue weighted by Gasteiger charge is 2.19. The van der Waals surface area contributed by atoms with Crippen LogP contribution in [0.15, 0.2) is 64.2 Å². The number of non-ortho nitro benzene ring substituents is 1. The summed E-state index contributed by atoms with van der Waals surface area (Å²) < 4.78 is 11.9. The highest BCUT2D eigenvalue weighted by atomic mass is 79.9. The Bertz CT molecular complexity index is 1220. The third kappa shape index (κ3) is 6.18. The molecular formula is C21H16BrClN4O6. The van der Waals surface area contributed by atoms with Crippen LogP contribution in [-0.4, -0.2) is 23.2 Å². The Morgan fingerprint density at radius 1 is 1.09 bits per heavy atom. The Hall–Kier alpha value is -3.70. The fourth-order valence-corrected chi connectivity index (χ4v) is 3.45. The molecule has 0 unspecified atom stereocenters. The number of hydrazone groups is 1. The molecule has 0 fully saturated rings. The minimum Gasteiger partial charge on any atom is -0.493 e. The Morgan fingerprint density at radius 2 is 1.82 bits per heavy atom. The average Bonchev–Trinajstić information content (AvgIpc) is 2.79. The lowest BCUT2D eigenvalue weighted by Crippen LogP contribution is -2.00. The van der Waals surface area contributed by atoms with Crippen molar-refractivity contribution in [2.75, 3.05) is 12.5 Å². The van der Waals surface area contributed by atoms with E-state index in [1.807, 2.05) is 12.1 Å². The first-order valence-electron chi connectivity index (χ1n) is 9.25. The fraction of sp³-hybridized carbons (Fsp3) is 0.0952. The number of nitro benzene ring substituents is 2. The van der Waals surface area contributed by atoms with Crippen LogP contribution in [-0.2, 0) is 6.61 Å². The molecule has 0 spiro atoms. The maximum absolute atomic E-state index is 11.2. The molecular weight excluding hydrogens is 520 g/mol. The van der Waals surface area contributed by atoms with Crippen molar-refractivity contribution in [3.05, 3.63) is 95.4 Å². The van der Waals surface area contributed by atoms with Crippen molar-refractivity contribution in [3.63, 3.8) is 0 Å². The van der Waals surface area contributed by atoms with Crippen LogP contribution in [0.25, 0.3) is 0 Å². The van der Waals surface area contributed by atoms with Gasteiger partial charge in [0, 0.05) is 11.1 Å². The van der Waals surface area contributed by atoms with E-state index in [0.29, 0.717) is 33.2 Å². The van der Waals surface area contributed by atoms with Gasteiger partial charge in [0.15, 0.2) is 11.5 Å². The van der Waals surface area contributed by atoms with Crippen LogP contribution in [0.1, 0.15) is 11.1 Å². The molecule has 0 aliphatic heterocycles. The normalized spacial score (nSPS) is 10.8. The number of nitrogens with zero attached hydrogens (tertiary/aromatic N) is 3. The molecule has 1 N–H and O–H groups in total. The summed E-state index contributed by atoms with van der Waals surface area (Å²) in [5, 5.41) is 26.7. The number of nitrogens with one attached hydrogen (secondary N) is 1. The highest BCUT2D eigenvalue weighted by Crippen LogP contribution is 2.37. The second-order valence-corrected chi connectivity index (χ2v) is 7.83. The van der Waals surface area contributed by atoms with E-state index in [4.69, 9.17) is 21.1 Å². The van der Waals surface area contributed by atoms with E-state index in [0.717, 1.165) is 17.7 Å². The Morgan fingerprint density at radius 3 is 2.45 bits per heavy atom. The molecule has 170 valence electrons. The van der Waals surface area contributed by atoms with E-state index in [1.54, 1.807) is 24.3 Å². The largest absolute Gasteiger partial charge is 0.493 e. The maximum atomic E-state index is 11.2. The van der Waals surface area contributed by atoms with Gasteiger partial charge in [0.25, 0.3) is 5.69 Å². The van der Waals surface area contributed by atoms with Crippen molar-refractivity contribution in [1.82, 2.24) is 0 Å². The van der Waals surface area contributed by atoms with Gasteiger partial charge in [0.1, 0.15) is 12.3 Å². The van der Waals surface area contributed by atoms with Gasteiger partial charge in [-0.25, -0.2) is 0 Å². The van der Waals surface area contributed by atoms with Gasteiger partial charge in [-0.15, -0.1) is 0 Å². The minimum absolute atomic E-state index is 0.01000. The van der Waals surface area contributed by atoms with Crippen molar-refractivity contribution in [3.8, 4) is 11.5 Å². The van der Waals surface area contributed by atoms with Crippen LogP contribution in [0, 0.1) is 20.2 Å². The zero-order chi connectivity index (χ0) is 24.0. The van der Waals surface area contributed by atoms with Crippen molar-refractivity contribution in [2.45, 2.75) is 6.61 Å². The summed E-state index contributed by atoms with van der Waals surface area (Å²) in [7, 11) is 1.50. The molecule has 10 nitrogen and oxygen atoms in total. The van der Waals surface area contributed by atoms with Crippen LogP contribution in [0.4, 0.5) is 17.1 Å². The van der Waals surface area contributed by atoms with Gasteiger partial charge in [0.05, 0.1) is 33.7 Å². The number of halogens is 2. The van der Waals surface area contributed by atoms with Crippen LogP contribution in [0.2, 0.25) is 5.02 Å². The molecule has 0 saturated heterocycles. The number of nitro groups is 2. The number of hydrogen-bond donors (Lipinski definition) is 1. The van der Waals surface area contributed by atoms with Crippen molar-refractivity contribution in [1.29, 1.82) is 0 Å². The second kappa shape index (κ2) is 10.7. The number of ether oxygens (including phenoxy) is 2. The third-order valence-corrected chi connectivity index (χ3v) is 5.18. The molecule has 0 aliphatic rings. The lowest BCUT2D eigenvalue weighted by Gasteiger charge is -2.13. The van der Waals surface area contributed by atoms with E-state index in [2.05, 4.69) is 26.5 Å². The molecule has 3 aromatic rings. The Balaban J connectivity index is 1.76. The van der Waals surface area contributed by atoms with Gasteiger partial charge in [-0.05, 0) is 57.4 Å². The number of benzene rings is 3. The van der Waals surface area contributed by atoms with Crippen LogP contribution >= 0.6 is 27.5 Å². The van der Waals surface area contributed by atoms with Crippen molar-refractivity contribution < 1.29 is 19.3 Å². The summed E-state index contributed by atoms with van der Waals surface area (Å²) in [6.07, 6.45) is 1.42. The molecule has 0 aliphatic carbocycles. The average molecular weight is 536 g/mol. The predicted octanol–water partition coefficient (Wildman–Crippen LogP) is 5.95. The number of rotatable bonds is 9. The zero-order valence-electron chi connectivity index (χ0n) is 17.0. The van der Waals surface area contributed by atoms with E-state index in [9.17, 15) is 20.2 Å². The van der Waals surface area contributed by atoms with Gasteiger partial charge in [-0.1, -0.05) is 23.7 Å². The number of methoxy groups -OCH3 is 1. The molecule has 0 heterocycles. The molecule has 0 radical (unpaired) electrons. The maximum Gasteiger partial charge on any atom is 0.301 e. The van der Waals surface area contributed by atoms with Crippen molar-refractivity contribution >= 4 is 50.8 Å². The molecule has 33 heavy (non-hydrogen) atoms. The molecule has 0 saturated carbocycles. The summed E-state index contributed by atoms with van der Waals surface area (Å²) in [4.78, 5) is 20.6. The van der Waals surface area contributed by atoms with Gasteiger partial charge in [0.2, 0.25) is 0 Å². The quantitative estimate of drug-likeness (QED) is 0.203. The molecule has 0 aromatic heterocycles. The van der Waals surface area contributed by atoms with E-state index < -0.39 is 15.5 Å². The molecule has 0 atom stereocenters. The van der Waals surface area contributed by atoms with Gasteiger partial charge < -0.3 is 9.47 Å². The molecule has 0 amide bonds. The second-order valence-electron chi connectivity index (χ2n) is 6.53. The van der Waals surface area contributed by atoms with E-state index in [-0.39, 0.29) is 11.4 Å². The lowest BCUT2D eigenvalue weighted by molar-refractivity contribution is -0.393. The fourth-order valence-electron chi connectivity index (χ4n) is 2.75. The third-order valence-electron chi connectivity index (χ3n) is 4.34. The van der Waals surface area contributed by atoms with Crippen molar-refractivity contribution in [2.24, 2.45) is 5.10 Å². The first-order valence-corrected chi connectivity index (χ1v) is 10.4. The molecule has 0 bridgehead atoms.